The summed E-state index contributed by atoms with van der Waals surface area (Å²) in [6.45, 7) is 16.0. The highest BCUT2D eigenvalue weighted by Crippen LogP contribution is 2.27. The lowest BCUT2D eigenvalue weighted by atomic mass is 9.98. The minimum Gasteiger partial charge on any atom is -0.375 e. The van der Waals surface area contributed by atoms with Gasteiger partial charge in [0.05, 0.1) is 33.0 Å². The maximum absolute atomic E-state index is 10.3. The van der Waals surface area contributed by atoms with E-state index >= 15 is 0 Å². The van der Waals surface area contributed by atoms with Gasteiger partial charge in [-0.2, -0.15) is 0 Å². The zero-order valence-electron chi connectivity index (χ0n) is 14.0. The first kappa shape index (κ1) is 20.8. The largest absolute Gasteiger partial charge is 0.375 e. The molecule has 1 aliphatic rings. The van der Waals surface area contributed by atoms with Crippen LogP contribution in [0.5, 0.6) is 0 Å². The maximum atomic E-state index is 10.3. The van der Waals surface area contributed by atoms with Crippen LogP contribution in [-0.2, 0) is 23.7 Å². The molecule has 0 spiro atoms. The highest BCUT2D eigenvalue weighted by Gasteiger charge is 2.47. The van der Waals surface area contributed by atoms with Crippen molar-refractivity contribution in [3.8, 4) is 0 Å². The first-order valence-corrected chi connectivity index (χ1v) is 7.89. The van der Waals surface area contributed by atoms with E-state index in [0.29, 0.717) is 19.8 Å². The lowest BCUT2D eigenvalue weighted by Crippen LogP contribution is -2.61. The highest BCUT2D eigenvalue weighted by atomic mass is 16.7. The van der Waals surface area contributed by atoms with Gasteiger partial charge in [0.2, 0.25) is 0 Å². The maximum Gasteiger partial charge on any atom is 0.184 e. The Bertz CT molecular complexity index is 397. The van der Waals surface area contributed by atoms with E-state index in [4.69, 9.17) is 23.7 Å². The summed E-state index contributed by atoms with van der Waals surface area (Å²) < 4.78 is 28.3. The lowest BCUT2D eigenvalue weighted by molar-refractivity contribution is -0.307. The Balaban J connectivity index is 2.92. The Morgan fingerprint density at radius 3 is 1.79 bits per heavy atom. The second-order valence-corrected chi connectivity index (χ2v) is 5.15. The SMILES string of the molecule is C=CCOC[C@H]1O[C@@H](O)[C@H](OCC=C)[C@@H](OCC=C)[C@@H]1OCC=C. The topological polar surface area (TPSA) is 66.4 Å². The second kappa shape index (κ2) is 12.1. The zero-order valence-corrected chi connectivity index (χ0v) is 14.0. The summed E-state index contributed by atoms with van der Waals surface area (Å²) in [5, 5.41) is 10.3. The molecule has 0 unspecified atom stereocenters. The van der Waals surface area contributed by atoms with Crippen molar-refractivity contribution < 1.29 is 28.8 Å². The number of rotatable bonds is 13. The van der Waals surface area contributed by atoms with Crippen LogP contribution in [0.4, 0.5) is 0 Å². The molecule has 1 aliphatic heterocycles. The fourth-order valence-electron chi connectivity index (χ4n) is 2.40. The van der Waals surface area contributed by atoms with Gasteiger partial charge in [-0.1, -0.05) is 24.3 Å². The van der Waals surface area contributed by atoms with Crippen LogP contribution in [0, 0.1) is 0 Å². The van der Waals surface area contributed by atoms with E-state index in [1.54, 1.807) is 24.3 Å². The van der Waals surface area contributed by atoms with E-state index in [-0.39, 0.29) is 13.2 Å². The number of aliphatic hydroxyl groups excluding tert-OH is 1. The number of hydrogen-bond donors (Lipinski definition) is 1. The van der Waals surface area contributed by atoms with Crippen LogP contribution >= 0.6 is 0 Å². The molecule has 0 aliphatic carbocycles. The lowest BCUT2D eigenvalue weighted by Gasteiger charge is -2.44. The van der Waals surface area contributed by atoms with E-state index in [1.807, 2.05) is 0 Å². The molecule has 0 radical (unpaired) electrons. The second-order valence-electron chi connectivity index (χ2n) is 5.15. The van der Waals surface area contributed by atoms with Crippen molar-refractivity contribution in [2.24, 2.45) is 0 Å². The molecule has 0 amide bonds. The molecule has 6 heteroatoms. The van der Waals surface area contributed by atoms with Crippen LogP contribution in [-0.4, -0.2) is 68.8 Å². The van der Waals surface area contributed by atoms with E-state index in [1.165, 1.54) is 0 Å². The van der Waals surface area contributed by atoms with Crippen LogP contribution in [0.1, 0.15) is 0 Å². The van der Waals surface area contributed by atoms with Crippen molar-refractivity contribution >= 4 is 0 Å². The molecule has 0 aromatic heterocycles. The Labute approximate surface area is 144 Å². The van der Waals surface area contributed by atoms with Crippen LogP contribution in [0.3, 0.4) is 0 Å². The van der Waals surface area contributed by atoms with Crippen LogP contribution in [0.15, 0.2) is 50.6 Å². The minimum absolute atomic E-state index is 0.229. The van der Waals surface area contributed by atoms with Gasteiger partial charge in [0, 0.05) is 0 Å². The third-order valence-corrected chi connectivity index (χ3v) is 3.35. The molecule has 0 bridgehead atoms. The molecule has 1 heterocycles. The normalized spacial score (nSPS) is 29.8. The average molecular weight is 340 g/mol. The fourth-order valence-corrected chi connectivity index (χ4v) is 2.40. The number of hydrogen-bond acceptors (Lipinski definition) is 6. The van der Waals surface area contributed by atoms with Crippen molar-refractivity contribution in [3.05, 3.63) is 50.6 Å². The summed E-state index contributed by atoms with van der Waals surface area (Å²) >= 11 is 0. The third-order valence-electron chi connectivity index (χ3n) is 3.35. The summed E-state index contributed by atoms with van der Waals surface area (Å²) in [5.41, 5.74) is 0. The van der Waals surface area contributed by atoms with Gasteiger partial charge < -0.3 is 28.8 Å². The monoisotopic (exact) mass is 340 g/mol. The molecule has 136 valence electrons. The smallest absolute Gasteiger partial charge is 0.184 e. The van der Waals surface area contributed by atoms with Gasteiger partial charge in [-0.3, -0.25) is 0 Å². The molecule has 5 atom stereocenters. The molecule has 24 heavy (non-hydrogen) atoms. The summed E-state index contributed by atoms with van der Waals surface area (Å²) in [6, 6.07) is 0. The standard InChI is InChI=1S/C18H28O6/c1-5-9-20-13-14-15(21-10-6-2)16(22-11-7-3)17(18(19)24-14)23-12-8-4/h5-8,14-19H,1-4,9-13H2/t14-,15-,16+,17-,18-/m1/s1. The van der Waals surface area contributed by atoms with E-state index in [9.17, 15) is 5.11 Å². The van der Waals surface area contributed by atoms with Gasteiger partial charge in [-0.05, 0) is 0 Å². The van der Waals surface area contributed by atoms with Gasteiger partial charge in [-0.25, -0.2) is 0 Å². The number of ether oxygens (including phenoxy) is 5. The van der Waals surface area contributed by atoms with Crippen molar-refractivity contribution in [1.82, 2.24) is 0 Å². The molecule has 0 aromatic rings. The summed E-state index contributed by atoms with van der Waals surface area (Å²) in [6.07, 6.45) is 3.05. The molecule has 1 rings (SSSR count). The van der Waals surface area contributed by atoms with Gasteiger partial charge in [-0.15, -0.1) is 26.3 Å². The molecular formula is C18H28O6. The van der Waals surface area contributed by atoms with Gasteiger partial charge in [0.25, 0.3) is 0 Å². The Hall–Kier alpha value is -1.28. The van der Waals surface area contributed by atoms with Crippen LogP contribution in [0.25, 0.3) is 0 Å². The fraction of sp³-hybridized carbons (Fsp3) is 0.556. The van der Waals surface area contributed by atoms with Crippen LogP contribution < -0.4 is 0 Å². The Morgan fingerprint density at radius 2 is 1.25 bits per heavy atom. The first-order chi connectivity index (χ1) is 11.7. The minimum atomic E-state index is -1.17. The first-order valence-electron chi connectivity index (χ1n) is 7.89. The molecular weight excluding hydrogens is 312 g/mol. The summed E-state index contributed by atoms with van der Waals surface area (Å²) in [5.74, 6) is 0. The molecule has 0 saturated carbocycles. The van der Waals surface area contributed by atoms with Crippen molar-refractivity contribution in [2.45, 2.75) is 30.7 Å². The molecule has 0 aromatic carbocycles. The molecule has 1 N–H and O–H groups in total. The molecule has 1 fully saturated rings. The average Bonchev–Trinajstić information content (AvgIpc) is 2.58. The van der Waals surface area contributed by atoms with Crippen LogP contribution in [0.2, 0.25) is 0 Å². The van der Waals surface area contributed by atoms with Crippen molar-refractivity contribution in [1.29, 1.82) is 0 Å². The summed E-state index contributed by atoms with van der Waals surface area (Å²) in [4.78, 5) is 0. The quantitative estimate of drug-likeness (QED) is 0.406. The van der Waals surface area contributed by atoms with Crippen molar-refractivity contribution in [3.63, 3.8) is 0 Å². The predicted molar refractivity (Wildman–Crippen MR) is 91.7 cm³/mol. The van der Waals surface area contributed by atoms with Gasteiger partial charge in [0.1, 0.15) is 24.4 Å². The van der Waals surface area contributed by atoms with E-state index in [2.05, 4.69) is 26.3 Å². The molecule has 6 nitrogen and oxygen atoms in total. The Morgan fingerprint density at radius 1 is 0.750 bits per heavy atom. The van der Waals surface area contributed by atoms with Crippen molar-refractivity contribution in [2.75, 3.05) is 33.0 Å². The van der Waals surface area contributed by atoms with Gasteiger partial charge >= 0.3 is 0 Å². The summed E-state index contributed by atoms with van der Waals surface area (Å²) in [7, 11) is 0. The van der Waals surface area contributed by atoms with Gasteiger partial charge in [0.15, 0.2) is 6.29 Å². The predicted octanol–water partition coefficient (Wildman–Crippen LogP) is 1.62. The van der Waals surface area contributed by atoms with E-state index in [0.717, 1.165) is 0 Å². The van der Waals surface area contributed by atoms with E-state index < -0.39 is 30.7 Å². The third kappa shape index (κ3) is 6.32. The molecule has 1 saturated heterocycles. The highest BCUT2D eigenvalue weighted by molar-refractivity contribution is 4.94. The zero-order chi connectivity index (χ0) is 17.8. The number of aliphatic hydroxyl groups is 1. The Kier molecular flexibility index (Phi) is 10.5.